The van der Waals surface area contributed by atoms with Crippen LogP contribution in [0.15, 0.2) is 66.9 Å². The highest BCUT2D eigenvalue weighted by Gasteiger charge is 2.19. The number of anilines is 4. The largest absolute Gasteiger partial charge is 0.338 e. The van der Waals surface area contributed by atoms with Gasteiger partial charge in [0.2, 0.25) is 0 Å². The number of nitrogens with zero attached hydrogens (tertiary/aromatic N) is 4. The van der Waals surface area contributed by atoms with E-state index in [1.165, 1.54) is 11.3 Å². The number of nitrogens with one attached hydrogen (secondary N) is 1. The molecule has 0 unspecified atom stereocenters. The first kappa shape index (κ1) is 16.7. The molecule has 3 heterocycles. The first-order valence-electron chi connectivity index (χ1n) is 9.60. The van der Waals surface area contributed by atoms with Crippen LogP contribution in [0, 0.1) is 6.92 Å². The van der Waals surface area contributed by atoms with E-state index in [4.69, 9.17) is 4.98 Å². The molecule has 0 saturated heterocycles. The fraction of sp³-hybridized carbons (Fsp3) is 0.174. The van der Waals surface area contributed by atoms with Gasteiger partial charge in [-0.25, -0.2) is 9.97 Å². The Morgan fingerprint density at radius 2 is 1.86 bits per heavy atom. The van der Waals surface area contributed by atoms with E-state index >= 15 is 0 Å². The molecule has 2 aromatic carbocycles. The van der Waals surface area contributed by atoms with Crippen LogP contribution < -0.4 is 10.2 Å². The van der Waals surface area contributed by atoms with Crippen molar-refractivity contribution in [2.24, 2.45) is 0 Å². The van der Waals surface area contributed by atoms with E-state index in [2.05, 4.69) is 56.6 Å². The molecule has 5 heteroatoms. The van der Waals surface area contributed by atoms with Crippen LogP contribution in [0.5, 0.6) is 0 Å². The second-order valence-electron chi connectivity index (χ2n) is 7.05. The maximum Gasteiger partial charge on any atom is 0.138 e. The van der Waals surface area contributed by atoms with Crippen LogP contribution >= 0.6 is 0 Å². The van der Waals surface area contributed by atoms with Gasteiger partial charge in [0.1, 0.15) is 17.5 Å². The van der Waals surface area contributed by atoms with Crippen LogP contribution in [-0.4, -0.2) is 21.5 Å². The third kappa shape index (κ3) is 3.05. The van der Waals surface area contributed by atoms with E-state index in [-0.39, 0.29) is 0 Å². The Balaban J connectivity index is 1.54. The van der Waals surface area contributed by atoms with Gasteiger partial charge < -0.3 is 10.2 Å². The Morgan fingerprint density at radius 1 is 0.964 bits per heavy atom. The number of fused-ring (bicyclic) bond motifs is 2. The Labute approximate surface area is 164 Å². The molecule has 0 radical (unpaired) electrons. The van der Waals surface area contributed by atoms with Crippen molar-refractivity contribution in [2.45, 2.75) is 19.8 Å². The molecule has 2 aromatic heterocycles. The molecule has 5 nitrogen and oxygen atoms in total. The summed E-state index contributed by atoms with van der Waals surface area (Å²) in [5.74, 6) is 2.45. The Hall–Kier alpha value is -3.47. The van der Waals surface area contributed by atoms with Gasteiger partial charge >= 0.3 is 0 Å². The first-order valence-corrected chi connectivity index (χ1v) is 9.60. The second-order valence-corrected chi connectivity index (χ2v) is 7.05. The van der Waals surface area contributed by atoms with Crippen LogP contribution in [0.25, 0.3) is 10.9 Å². The minimum Gasteiger partial charge on any atom is -0.338 e. The molecule has 138 valence electrons. The number of para-hydroxylation sites is 2. The summed E-state index contributed by atoms with van der Waals surface area (Å²) in [6, 6.07) is 20.7. The summed E-state index contributed by atoms with van der Waals surface area (Å²) in [7, 11) is 0. The van der Waals surface area contributed by atoms with Crippen molar-refractivity contribution >= 4 is 33.9 Å². The van der Waals surface area contributed by atoms with Gasteiger partial charge in [0.15, 0.2) is 0 Å². The maximum atomic E-state index is 4.72. The zero-order valence-electron chi connectivity index (χ0n) is 15.8. The van der Waals surface area contributed by atoms with E-state index in [0.29, 0.717) is 0 Å². The lowest BCUT2D eigenvalue weighted by atomic mass is 10.0. The van der Waals surface area contributed by atoms with Crippen molar-refractivity contribution in [1.29, 1.82) is 0 Å². The number of aromatic nitrogens is 3. The molecule has 0 fully saturated rings. The van der Waals surface area contributed by atoms with Gasteiger partial charge in [-0.3, -0.25) is 4.98 Å². The molecule has 28 heavy (non-hydrogen) atoms. The third-order valence-electron chi connectivity index (χ3n) is 5.11. The van der Waals surface area contributed by atoms with Gasteiger partial charge in [0.05, 0.1) is 11.2 Å². The third-order valence-corrected chi connectivity index (χ3v) is 5.11. The summed E-state index contributed by atoms with van der Waals surface area (Å²) in [5.41, 5.74) is 4.50. The number of hydrogen-bond acceptors (Lipinski definition) is 5. The maximum absolute atomic E-state index is 4.72. The average molecular weight is 367 g/mol. The molecule has 1 aliphatic rings. The molecule has 0 aliphatic carbocycles. The van der Waals surface area contributed by atoms with E-state index in [1.54, 1.807) is 0 Å². The lowest BCUT2D eigenvalue weighted by Gasteiger charge is -2.30. The number of aryl methyl sites for hydroxylation is 2. The van der Waals surface area contributed by atoms with Crippen LogP contribution in [0.4, 0.5) is 23.0 Å². The highest BCUT2D eigenvalue weighted by atomic mass is 15.2. The van der Waals surface area contributed by atoms with Crippen LogP contribution in [0.3, 0.4) is 0 Å². The average Bonchev–Trinajstić information content (AvgIpc) is 2.73. The standard InChI is InChI=1S/C23H21N5/c1-16-25-21(27-19-11-4-8-18-9-5-13-24-23(18)19)15-22(26-16)28-14-6-10-17-7-2-3-12-20(17)28/h2-5,7-9,11-13,15H,6,10,14H2,1H3,(H,25,26,27). The molecule has 0 atom stereocenters. The summed E-state index contributed by atoms with van der Waals surface area (Å²) < 4.78 is 0. The summed E-state index contributed by atoms with van der Waals surface area (Å²) in [6.07, 6.45) is 4.05. The smallest absolute Gasteiger partial charge is 0.138 e. The Bertz CT molecular complexity index is 1150. The molecule has 0 spiro atoms. The first-order chi connectivity index (χ1) is 13.8. The van der Waals surface area contributed by atoms with Crippen molar-refractivity contribution in [3.8, 4) is 0 Å². The molecule has 1 N–H and O–H groups in total. The molecular weight excluding hydrogens is 346 g/mol. The van der Waals surface area contributed by atoms with Crippen LogP contribution in [0.2, 0.25) is 0 Å². The molecule has 1 aliphatic heterocycles. The van der Waals surface area contributed by atoms with Crippen molar-refractivity contribution in [2.75, 3.05) is 16.8 Å². The Morgan fingerprint density at radius 3 is 2.82 bits per heavy atom. The predicted octanol–water partition coefficient (Wildman–Crippen LogP) is 5.16. The summed E-state index contributed by atoms with van der Waals surface area (Å²) in [5, 5.41) is 4.55. The van der Waals surface area contributed by atoms with Gasteiger partial charge in [-0.05, 0) is 43.5 Å². The number of hydrogen-bond donors (Lipinski definition) is 1. The van der Waals surface area contributed by atoms with Gasteiger partial charge in [0, 0.05) is 29.9 Å². The van der Waals surface area contributed by atoms with Gasteiger partial charge in [0.25, 0.3) is 0 Å². The van der Waals surface area contributed by atoms with E-state index < -0.39 is 0 Å². The van der Waals surface area contributed by atoms with Gasteiger partial charge in [-0.1, -0.05) is 36.4 Å². The van der Waals surface area contributed by atoms with Gasteiger partial charge in [-0.2, -0.15) is 0 Å². The minimum atomic E-state index is 0.747. The zero-order chi connectivity index (χ0) is 18.9. The van der Waals surface area contributed by atoms with E-state index in [0.717, 1.165) is 53.4 Å². The lowest BCUT2D eigenvalue weighted by Crippen LogP contribution is -2.25. The minimum absolute atomic E-state index is 0.747. The van der Waals surface area contributed by atoms with Crippen molar-refractivity contribution in [1.82, 2.24) is 15.0 Å². The number of pyridine rings is 1. The summed E-state index contributed by atoms with van der Waals surface area (Å²) in [6.45, 7) is 2.90. The normalized spacial score (nSPS) is 13.4. The number of benzene rings is 2. The SMILES string of the molecule is Cc1nc(Nc2cccc3cccnc23)cc(N2CCCc3ccccc32)n1. The predicted molar refractivity (Wildman–Crippen MR) is 114 cm³/mol. The van der Waals surface area contributed by atoms with E-state index in [9.17, 15) is 0 Å². The molecule has 4 aromatic rings. The van der Waals surface area contributed by atoms with E-state index in [1.807, 2.05) is 37.4 Å². The molecule has 0 saturated carbocycles. The Kier molecular flexibility index (Phi) is 4.13. The monoisotopic (exact) mass is 367 g/mol. The van der Waals surface area contributed by atoms with Crippen LogP contribution in [-0.2, 0) is 6.42 Å². The molecule has 0 bridgehead atoms. The molecule has 5 rings (SSSR count). The second kappa shape index (κ2) is 6.93. The van der Waals surface area contributed by atoms with Crippen molar-refractivity contribution < 1.29 is 0 Å². The fourth-order valence-electron chi connectivity index (χ4n) is 3.87. The van der Waals surface area contributed by atoms with Crippen molar-refractivity contribution in [3.05, 3.63) is 78.2 Å². The zero-order valence-corrected chi connectivity index (χ0v) is 15.8. The summed E-state index contributed by atoms with van der Waals surface area (Å²) in [4.78, 5) is 16.1. The topological polar surface area (TPSA) is 53.9 Å². The lowest BCUT2D eigenvalue weighted by molar-refractivity contribution is 0.757. The summed E-state index contributed by atoms with van der Waals surface area (Å²) >= 11 is 0. The highest BCUT2D eigenvalue weighted by Crippen LogP contribution is 2.33. The fourth-order valence-corrected chi connectivity index (χ4v) is 3.87. The number of rotatable bonds is 3. The molecular formula is C23H21N5. The van der Waals surface area contributed by atoms with Crippen molar-refractivity contribution in [3.63, 3.8) is 0 Å². The van der Waals surface area contributed by atoms with Crippen LogP contribution in [0.1, 0.15) is 17.8 Å². The molecule has 0 amide bonds. The quantitative estimate of drug-likeness (QED) is 0.542. The van der Waals surface area contributed by atoms with Gasteiger partial charge in [-0.15, -0.1) is 0 Å². The highest BCUT2D eigenvalue weighted by molar-refractivity contribution is 5.91.